The van der Waals surface area contributed by atoms with Crippen molar-refractivity contribution >= 4 is 35.3 Å². The maximum absolute atomic E-state index is 9.33. The van der Waals surface area contributed by atoms with Crippen LogP contribution in [0.25, 0.3) is 33.6 Å². The third kappa shape index (κ3) is 4.78. The van der Waals surface area contributed by atoms with Crippen molar-refractivity contribution in [3.63, 3.8) is 0 Å². The van der Waals surface area contributed by atoms with E-state index in [1.165, 1.54) is 12.0 Å². The first-order chi connectivity index (χ1) is 17.7. The standard InChI is InChI=1S/C28H31N5O3.ClH/c29-28(11-4-12-28)21-9-7-20(8-10-21)24-22(19-5-2-1-3-6-19)23-25(33-14-17-35-18-15-33)31-27(30-13-16-34)32-26(23)36-24;/h1-3,5-10,34H,4,11-18,29H2,(H,30,31,32);1H. The van der Waals surface area contributed by atoms with Crippen molar-refractivity contribution in [2.75, 3.05) is 49.7 Å². The van der Waals surface area contributed by atoms with Crippen molar-refractivity contribution in [3.8, 4) is 22.5 Å². The average molecular weight is 522 g/mol. The van der Waals surface area contributed by atoms with Crippen LogP contribution >= 0.6 is 12.4 Å². The molecule has 3 heterocycles. The Hall–Kier alpha value is -3.17. The van der Waals surface area contributed by atoms with Gasteiger partial charge in [-0.25, -0.2) is 0 Å². The second-order valence-corrected chi connectivity index (χ2v) is 9.56. The van der Waals surface area contributed by atoms with Crippen LogP contribution in [0.5, 0.6) is 0 Å². The number of aliphatic hydroxyl groups is 1. The zero-order chi connectivity index (χ0) is 24.5. The number of hydrogen-bond donors (Lipinski definition) is 3. The summed E-state index contributed by atoms with van der Waals surface area (Å²) in [6.07, 6.45) is 3.22. The molecule has 194 valence electrons. The van der Waals surface area contributed by atoms with Crippen molar-refractivity contribution in [3.05, 3.63) is 60.2 Å². The Labute approximate surface area is 222 Å². The van der Waals surface area contributed by atoms with Crippen molar-refractivity contribution in [2.24, 2.45) is 5.73 Å². The van der Waals surface area contributed by atoms with Gasteiger partial charge >= 0.3 is 0 Å². The fourth-order valence-corrected chi connectivity index (χ4v) is 5.12. The molecule has 2 aromatic carbocycles. The van der Waals surface area contributed by atoms with Gasteiger partial charge in [-0.15, -0.1) is 12.4 Å². The molecule has 1 aliphatic carbocycles. The van der Waals surface area contributed by atoms with Gasteiger partial charge in [0, 0.05) is 36.3 Å². The molecule has 0 amide bonds. The highest BCUT2D eigenvalue weighted by atomic mass is 35.5. The minimum absolute atomic E-state index is 0. The first kappa shape index (κ1) is 25.5. The summed E-state index contributed by atoms with van der Waals surface area (Å²) in [6.45, 7) is 3.08. The van der Waals surface area contributed by atoms with E-state index in [1.54, 1.807) is 0 Å². The molecule has 1 aliphatic heterocycles. The van der Waals surface area contributed by atoms with Gasteiger partial charge < -0.3 is 30.2 Å². The van der Waals surface area contributed by atoms with Gasteiger partial charge in [0.05, 0.1) is 25.2 Å². The molecule has 4 N–H and O–H groups in total. The first-order valence-corrected chi connectivity index (χ1v) is 12.6. The quantitative estimate of drug-likeness (QED) is 0.325. The minimum Gasteiger partial charge on any atom is -0.437 e. The Morgan fingerprint density at radius 2 is 1.70 bits per heavy atom. The van der Waals surface area contributed by atoms with E-state index in [2.05, 4.69) is 46.6 Å². The zero-order valence-corrected chi connectivity index (χ0v) is 21.5. The van der Waals surface area contributed by atoms with Crippen LogP contribution < -0.4 is 16.0 Å². The van der Waals surface area contributed by atoms with Gasteiger partial charge in [0.25, 0.3) is 0 Å². The van der Waals surface area contributed by atoms with Crippen LogP contribution in [0.15, 0.2) is 59.0 Å². The van der Waals surface area contributed by atoms with Crippen LogP contribution in [-0.4, -0.2) is 54.5 Å². The van der Waals surface area contributed by atoms with Crippen molar-refractivity contribution < 1.29 is 14.3 Å². The summed E-state index contributed by atoms with van der Waals surface area (Å²) < 4.78 is 12.1. The molecule has 0 bridgehead atoms. The maximum Gasteiger partial charge on any atom is 0.234 e. The van der Waals surface area contributed by atoms with E-state index in [-0.39, 0.29) is 24.6 Å². The Morgan fingerprint density at radius 1 is 0.973 bits per heavy atom. The predicted molar refractivity (Wildman–Crippen MR) is 148 cm³/mol. The van der Waals surface area contributed by atoms with Crippen LogP contribution in [0, 0.1) is 0 Å². The van der Waals surface area contributed by atoms with Crippen molar-refractivity contribution in [1.29, 1.82) is 0 Å². The Bertz CT molecular complexity index is 1350. The molecule has 6 rings (SSSR count). The number of furan rings is 1. The van der Waals surface area contributed by atoms with Crippen molar-refractivity contribution in [1.82, 2.24) is 9.97 Å². The lowest BCUT2D eigenvalue weighted by Crippen LogP contribution is -2.43. The van der Waals surface area contributed by atoms with Gasteiger partial charge in [-0.1, -0.05) is 54.6 Å². The number of aromatic nitrogens is 2. The number of nitrogens with one attached hydrogen (secondary N) is 1. The Balaban J connectivity index is 0.00000280. The maximum atomic E-state index is 9.33. The molecule has 2 aliphatic rings. The van der Waals surface area contributed by atoms with Gasteiger partial charge in [0.2, 0.25) is 11.7 Å². The number of halogens is 1. The molecule has 0 spiro atoms. The highest BCUT2D eigenvalue weighted by Gasteiger charge is 2.34. The summed E-state index contributed by atoms with van der Waals surface area (Å²) in [7, 11) is 0. The number of hydrogen-bond acceptors (Lipinski definition) is 8. The molecule has 0 atom stereocenters. The van der Waals surface area contributed by atoms with E-state index in [4.69, 9.17) is 24.9 Å². The number of benzene rings is 2. The van der Waals surface area contributed by atoms with E-state index in [0.717, 1.165) is 59.6 Å². The van der Waals surface area contributed by atoms with E-state index in [9.17, 15) is 5.11 Å². The molecule has 2 fully saturated rings. The lowest BCUT2D eigenvalue weighted by Gasteiger charge is -2.38. The number of morpholine rings is 1. The summed E-state index contributed by atoms with van der Waals surface area (Å²) in [4.78, 5) is 11.8. The average Bonchev–Trinajstić information content (AvgIpc) is 3.30. The largest absolute Gasteiger partial charge is 0.437 e. The van der Waals surface area contributed by atoms with Crippen LogP contribution in [-0.2, 0) is 10.3 Å². The smallest absolute Gasteiger partial charge is 0.234 e. The highest BCUT2D eigenvalue weighted by Crippen LogP contribution is 2.45. The Morgan fingerprint density at radius 3 is 2.35 bits per heavy atom. The molecular weight excluding hydrogens is 490 g/mol. The summed E-state index contributed by atoms with van der Waals surface area (Å²) in [5.41, 5.74) is 11.0. The lowest BCUT2D eigenvalue weighted by atomic mass is 9.72. The second kappa shape index (κ2) is 10.7. The third-order valence-corrected chi connectivity index (χ3v) is 7.27. The van der Waals surface area contributed by atoms with Crippen LogP contribution in [0.2, 0.25) is 0 Å². The molecule has 1 saturated heterocycles. The van der Waals surface area contributed by atoms with Crippen LogP contribution in [0.3, 0.4) is 0 Å². The van der Waals surface area contributed by atoms with Crippen molar-refractivity contribution in [2.45, 2.75) is 24.8 Å². The SMILES string of the molecule is Cl.NC1(c2ccc(-c3oc4nc(NCCO)nc(N5CCOCC5)c4c3-c3ccccc3)cc2)CCC1. The fourth-order valence-electron chi connectivity index (χ4n) is 5.12. The molecule has 9 heteroatoms. The summed E-state index contributed by atoms with van der Waals surface area (Å²) >= 11 is 0. The summed E-state index contributed by atoms with van der Waals surface area (Å²) in [5.74, 6) is 2.00. The van der Waals surface area contributed by atoms with E-state index >= 15 is 0 Å². The fraction of sp³-hybridized carbons (Fsp3) is 0.357. The molecule has 4 aromatic rings. The van der Waals surface area contributed by atoms with Gasteiger partial charge in [0.1, 0.15) is 11.6 Å². The third-order valence-electron chi connectivity index (χ3n) is 7.27. The number of nitrogens with two attached hydrogens (primary N) is 1. The number of anilines is 2. The minimum atomic E-state index is -0.211. The van der Waals surface area contributed by atoms with Gasteiger partial charge in [-0.05, 0) is 30.4 Å². The van der Waals surface area contributed by atoms with E-state index in [1.807, 2.05) is 18.2 Å². The monoisotopic (exact) mass is 521 g/mol. The van der Waals surface area contributed by atoms with Crippen LogP contribution in [0.4, 0.5) is 11.8 Å². The first-order valence-electron chi connectivity index (χ1n) is 12.6. The lowest BCUT2D eigenvalue weighted by molar-refractivity contribution is 0.122. The second-order valence-electron chi connectivity index (χ2n) is 9.56. The molecule has 8 nitrogen and oxygen atoms in total. The number of nitrogens with zero attached hydrogens (tertiary/aromatic N) is 3. The number of aliphatic hydroxyl groups excluding tert-OH is 1. The molecule has 1 saturated carbocycles. The molecule has 0 radical (unpaired) electrons. The van der Waals surface area contributed by atoms with Gasteiger partial charge in [-0.2, -0.15) is 9.97 Å². The van der Waals surface area contributed by atoms with Gasteiger partial charge in [-0.3, -0.25) is 0 Å². The number of fused-ring (bicyclic) bond motifs is 1. The molecule has 37 heavy (non-hydrogen) atoms. The highest BCUT2D eigenvalue weighted by molar-refractivity contribution is 6.06. The molecule has 2 aromatic heterocycles. The molecular formula is C28H32ClN5O3. The zero-order valence-electron chi connectivity index (χ0n) is 20.7. The predicted octanol–water partition coefficient (Wildman–Crippen LogP) is 4.56. The summed E-state index contributed by atoms with van der Waals surface area (Å²) in [6, 6.07) is 18.7. The number of ether oxygens (including phenoxy) is 1. The topological polar surface area (TPSA) is 110 Å². The Kier molecular flexibility index (Phi) is 7.35. The van der Waals surface area contributed by atoms with Gasteiger partial charge in [0.15, 0.2) is 0 Å². The van der Waals surface area contributed by atoms with Crippen LogP contribution in [0.1, 0.15) is 24.8 Å². The van der Waals surface area contributed by atoms with E-state index < -0.39 is 0 Å². The van der Waals surface area contributed by atoms with E-state index in [0.29, 0.717) is 31.4 Å². The molecule has 0 unspecified atom stereocenters. The number of rotatable bonds is 7. The summed E-state index contributed by atoms with van der Waals surface area (Å²) in [5, 5.41) is 13.3. The normalized spacial score (nSPS) is 16.8.